The highest BCUT2D eigenvalue weighted by Gasteiger charge is 2.66. The third kappa shape index (κ3) is 5.28. The van der Waals surface area contributed by atoms with E-state index in [1.807, 2.05) is 26.0 Å². The highest BCUT2D eigenvalue weighted by molar-refractivity contribution is 8.01. The number of nitrogens with zero attached hydrogens (tertiary/aromatic N) is 1. The predicted octanol–water partition coefficient (Wildman–Crippen LogP) is 4.16. The van der Waals surface area contributed by atoms with Gasteiger partial charge in [0.05, 0.1) is 12.0 Å². The van der Waals surface area contributed by atoms with Gasteiger partial charge in [0, 0.05) is 10.3 Å². The number of esters is 1. The number of hydrogen-bond donors (Lipinski definition) is 1. The summed E-state index contributed by atoms with van der Waals surface area (Å²) in [4.78, 5) is 40.0. The molecule has 0 saturated carbocycles. The minimum Gasteiger partial charge on any atom is -0.460 e. The number of aliphatic hydroxyl groups is 1. The minimum atomic E-state index is -1.90. The van der Waals surface area contributed by atoms with E-state index >= 15 is 0 Å². The van der Waals surface area contributed by atoms with Crippen molar-refractivity contribution in [1.29, 1.82) is 0 Å². The van der Waals surface area contributed by atoms with Crippen LogP contribution in [0.25, 0.3) is 0 Å². The van der Waals surface area contributed by atoms with Crippen LogP contribution in [-0.2, 0) is 25.4 Å². The minimum absolute atomic E-state index is 0.0598. The summed E-state index contributed by atoms with van der Waals surface area (Å²) in [5, 5.41) is 10.5. The monoisotopic (exact) mass is 519 g/mol. The zero-order valence-electron chi connectivity index (χ0n) is 21.7. The van der Waals surface area contributed by atoms with Gasteiger partial charge >= 0.3 is 5.97 Å². The summed E-state index contributed by atoms with van der Waals surface area (Å²) in [6.07, 6.45) is -0.0114. The summed E-state index contributed by atoms with van der Waals surface area (Å²) in [6, 6.07) is 6.20. The van der Waals surface area contributed by atoms with E-state index in [0.29, 0.717) is 12.2 Å². The molecule has 3 rings (SSSR count). The van der Waals surface area contributed by atoms with Crippen LogP contribution >= 0.6 is 11.8 Å². The Bertz CT molecular complexity index is 1000. The molecule has 0 aromatic heterocycles. The van der Waals surface area contributed by atoms with Crippen LogP contribution < -0.4 is 0 Å². The molecule has 2 saturated heterocycles. The average Bonchev–Trinajstić information content (AvgIpc) is 3.02. The van der Waals surface area contributed by atoms with Crippen LogP contribution in [0.15, 0.2) is 36.9 Å². The van der Waals surface area contributed by atoms with Gasteiger partial charge in [-0.3, -0.25) is 9.59 Å². The van der Waals surface area contributed by atoms with E-state index in [4.69, 9.17) is 9.16 Å². The number of hydrogen-bond acceptors (Lipinski definition) is 7. The number of ketones is 1. The number of ether oxygens (including phenoxy) is 1. The molecule has 1 aromatic rings. The van der Waals surface area contributed by atoms with Crippen molar-refractivity contribution in [3.8, 4) is 0 Å². The van der Waals surface area contributed by atoms with Crippen molar-refractivity contribution in [2.75, 3.05) is 6.61 Å². The first-order valence-corrected chi connectivity index (χ1v) is 15.6. The van der Waals surface area contributed by atoms with Crippen LogP contribution in [0.2, 0.25) is 18.1 Å². The summed E-state index contributed by atoms with van der Waals surface area (Å²) in [5.74, 6) is -2.32. The molecule has 35 heavy (non-hydrogen) atoms. The van der Waals surface area contributed by atoms with Crippen molar-refractivity contribution < 1.29 is 28.7 Å². The molecule has 4 atom stereocenters. The number of thioether (sulfide) groups is 1. The second-order valence-corrected chi connectivity index (χ2v) is 17.8. The van der Waals surface area contributed by atoms with Crippen LogP contribution in [0.1, 0.15) is 50.5 Å². The molecule has 2 aliphatic rings. The summed E-state index contributed by atoms with van der Waals surface area (Å²) >= 11 is 1.41. The van der Waals surface area contributed by atoms with E-state index in [2.05, 4.69) is 40.4 Å². The molecule has 9 heteroatoms. The Morgan fingerprint density at radius 3 is 2.40 bits per heavy atom. The number of β-lactam (4-membered cyclic amide) rings is 1. The quantitative estimate of drug-likeness (QED) is 0.172. The van der Waals surface area contributed by atoms with Crippen molar-refractivity contribution in [1.82, 2.24) is 4.90 Å². The molecule has 0 radical (unpaired) electrons. The Hall–Kier alpha value is -1.94. The Balaban J connectivity index is 1.67. The second kappa shape index (κ2) is 9.84. The summed E-state index contributed by atoms with van der Waals surface area (Å²) in [5.41, 5.74) is 1.28. The number of carbonyl (C=O) groups is 3. The fourth-order valence-electron chi connectivity index (χ4n) is 4.11. The van der Waals surface area contributed by atoms with E-state index in [-0.39, 0.29) is 11.6 Å². The Kier molecular flexibility index (Phi) is 7.77. The number of benzene rings is 1. The lowest BCUT2D eigenvalue weighted by Crippen LogP contribution is -2.66. The maximum Gasteiger partial charge on any atom is 0.330 e. The predicted molar refractivity (Wildman–Crippen MR) is 140 cm³/mol. The van der Waals surface area contributed by atoms with Crippen molar-refractivity contribution in [3.05, 3.63) is 48.0 Å². The number of carbonyl (C=O) groups excluding carboxylic acids is 3. The largest absolute Gasteiger partial charge is 0.460 e. The van der Waals surface area contributed by atoms with Gasteiger partial charge in [0.15, 0.2) is 14.1 Å². The molecule has 2 heterocycles. The summed E-state index contributed by atoms with van der Waals surface area (Å²) in [7, 11) is -1.90. The molecule has 7 nitrogen and oxygen atoms in total. The number of Topliss-reactive ketones (excluding diaryl/α,β-unsaturated/α-hetero) is 1. The van der Waals surface area contributed by atoms with Gasteiger partial charge in [-0.15, -0.1) is 11.8 Å². The maximum absolute atomic E-state index is 13.0. The summed E-state index contributed by atoms with van der Waals surface area (Å²) in [6.45, 7) is 18.7. The standard InChI is InChI=1S/C26H37NO6SSi/c1-9-14-32-24(31)21-26(5,6)34-23-18(22(30)27(21)23)20(29)19(28)17-12-10-16(11-13-17)15-33-35(7,8)25(2,3)4/h9-13,18,20-21,23,29H,1,14-15H2,2-8H3/t18-,20+,21+,23-/m1/s1. The Labute approximate surface area is 213 Å². The van der Waals surface area contributed by atoms with E-state index in [9.17, 15) is 19.5 Å². The van der Waals surface area contributed by atoms with Crippen molar-refractivity contribution in [2.45, 2.75) is 81.6 Å². The van der Waals surface area contributed by atoms with E-state index < -0.39 is 54.2 Å². The first kappa shape index (κ1) is 27.6. The Morgan fingerprint density at radius 2 is 1.86 bits per heavy atom. The second-order valence-electron chi connectivity index (χ2n) is 11.3. The molecule has 0 aliphatic carbocycles. The van der Waals surface area contributed by atoms with Gasteiger partial charge in [-0.25, -0.2) is 4.79 Å². The lowest BCUT2D eigenvalue weighted by Gasteiger charge is -2.45. The zero-order chi connectivity index (χ0) is 26.3. The van der Waals surface area contributed by atoms with E-state index in [1.54, 1.807) is 12.1 Å². The van der Waals surface area contributed by atoms with Gasteiger partial charge < -0.3 is 19.2 Å². The van der Waals surface area contributed by atoms with Gasteiger partial charge in [-0.05, 0) is 37.5 Å². The number of aliphatic hydroxyl groups excluding tert-OH is 1. The molecule has 0 bridgehead atoms. The molecule has 1 N–H and O–H groups in total. The SMILES string of the molecule is C=CCOC(=O)[C@@H]1N2C(=O)[C@@H]([C@H](O)C(=O)c3ccc(CO[Si](C)(C)C(C)(C)C)cc3)[C@H]2SC1(C)C. The van der Waals surface area contributed by atoms with Crippen molar-refractivity contribution >= 4 is 37.7 Å². The van der Waals surface area contributed by atoms with Gasteiger partial charge in [-0.2, -0.15) is 0 Å². The highest BCUT2D eigenvalue weighted by Crippen LogP contribution is 2.54. The first-order valence-electron chi connectivity index (χ1n) is 11.8. The topological polar surface area (TPSA) is 93.1 Å². The fraction of sp³-hybridized carbons (Fsp3) is 0.577. The molecule has 0 spiro atoms. The molecule has 0 unspecified atom stereocenters. The van der Waals surface area contributed by atoms with Crippen LogP contribution in [0.4, 0.5) is 0 Å². The molecule has 1 aromatic carbocycles. The molecular weight excluding hydrogens is 482 g/mol. The lowest BCUT2D eigenvalue weighted by atomic mass is 9.85. The molecular formula is C26H37NO6SSi. The smallest absolute Gasteiger partial charge is 0.330 e. The van der Waals surface area contributed by atoms with Crippen molar-refractivity contribution in [2.24, 2.45) is 5.92 Å². The van der Waals surface area contributed by atoms with E-state index in [0.717, 1.165) is 5.56 Å². The zero-order valence-corrected chi connectivity index (χ0v) is 23.5. The molecule has 2 aliphatic heterocycles. The van der Waals surface area contributed by atoms with Crippen LogP contribution in [0.3, 0.4) is 0 Å². The third-order valence-electron chi connectivity index (χ3n) is 7.30. The van der Waals surface area contributed by atoms with Gasteiger partial charge in [0.25, 0.3) is 0 Å². The number of fused-ring (bicyclic) bond motifs is 1. The summed E-state index contributed by atoms with van der Waals surface area (Å²) < 4.78 is 10.8. The first-order chi connectivity index (χ1) is 16.1. The van der Waals surface area contributed by atoms with Gasteiger partial charge in [0.1, 0.15) is 24.7 Å². The van der Waals surface area contributed by atoms with Gasteiger partial charge in [0.2, 0.25) is 5.91 Å². The van der Waals surface area contributed by atoms with Crippen molar-refractivity contribution in [3.63, 3.8) is 0 Å². The average molecular weight is 520 g/mol. The fourth-order valence-corrected chi connectivity index (χ4v) is 6.79. The Morgan fingerprint density at radius 1 is 1.26 bits per heavy atom. The number of amides is 1. The van der Waals surface area contributed by atoms with Crippen LogP contribution in [-0.4, -0.2) is 64.9 Å². The molecule has 1 amide bonds. The van der Waals surface area contributed by atoms with Crippen LogP contribution in [0, 0.1) is 5.92 Å². The van der Waals surface area contributed by atoms with E-state index in [1.165, 1.54) is 22.7 Å². The maximum atomic E-state index is 13.0. The highest BCUT2D eigenvalue weighted by atomic mass is 32.2. The molecule has 192 valence electrons. The lowest BCUT2D eigenvalue weighted by molar-refractivity contribution is -0.169. The number of rotatable bonds is 9. The molecule has 2 fully saturated rings. The third-order valence-corrected chi connectivity index (χ3v) is 13.4. The normalized spacial score (nSPS) is 24.4. The van der Waals surface area contributed by atoms with Crippen LogP contribution in [0.5, 0.6) is 0 Å². The van der Waals surface area contributed by atoms with Gasteiger partial charge in [-0.1, -0.05) is 57.7 Å².